The molecule has 1 fully saturated rings. The molecular weight excluding hydrogens is 217 g/mol. The van der Waals surface area contributed by atoms with Gasteiger partial charge >= 0.3 is 0 Å². The molecule has 0 aromatic carbocycles. The smallest absolute Gasteiger partial charge is 0.141 e. The lowest BCUT2D eigenvalue weighted by Crippen LogP contribution is -2.38. The van der Waals surface area contributed by atoms with Crippen molar-refractivity contribution in [2.24, 2.45) is 0 Å². The van der Waals surface area contributed by atoms with Crippen LogP contribution < -0.4 is 5.32 Å². The molecule has 0 bridgehead atoms. The molecule has 1 saturated carbocycles. The minimum Gasteiger partial charge on any atom is -0.311 e. The summed E-state index contributed by atoms with van der Waals surface area (Å²) in [7, 11) is 2.17. The molecule has 0 saturated heterocycles. The summed E-state index contributed by atoms with van der Waals surface area (Å²) < 4.78 is 12.9. The average Bonchev–Trinajstić information content (AvgIpc) is 3.12. The second-order valence-electron chi connectivity index (χ2n) is 4.89. The third kappa shape index (κ3) is 3.75. The molecule has 1 aromatic rings. The molecule has 94 valence electrons. The second-order valence-corrected chi connectivity index (χ2v) is 4.89. The van der Waals surface area contributed by atoms with Crippen LogP contribution in [0.1, 0.15) is 25.3 Å². The van der Waals surface area contributed by atoms with E-state index in [1.54, 1.807) is 6.20 Å². The Hall–Kier alpha value is -1.00. The van der Waals surface area contributed by atoms with Crippen molar-refractivity contribution in [2.45, 2.75) is 38.4 Å². The van der Waals surface area contributed by atoms with Gasteiger partial charge in [-0.2, -0.15) is 0 Å². The maximum absolute atomic E-state index is 12.9. The number of rotatable bonds is 6. The van der Waals surface area contributed by atoms with Crippen LogP contribution in [0.5, 0.6) is 0 Å². The Morgan fingerprint density at radius 1 is 1.53 bits per heavy atom. The van der Waals surface area contributed by atoms with E-state index in [9.17, 15) is 4.39 Å². The predicted octanol–water partition coefficient (Wildman–Crippen LogP) is 1.79. The van der Waals surface area contributed by atoms with Gasteiger partial charge in [-0.1, -0.05) is 0 Å². The van der Waals surface area contributed by atoms with Crippen molar-refractivity contribution < 1.29 is 4.39 Å². The van der Waals surface area contributed by atoms with E-state index in [0.29, 0.717) is 12.6 Å². The standard InChI is InChI=1S/C13H20FN3/c1-10(17(2)13-3-4-13)6-15-7-11-5-12(14)9-16-8-11/h5,8-10,13,15H,3-4,6-7H2,1-2H3. The van der Waals surface area contributed by atoms with E-state index in [4.69, 9.17) is 0 Å². The van der Waals surface area contributed by atoms with Crippen LogP contribution >= 0.6 is 0 Å². The zero-order chi connectivity index (χ0) is 12.3. The first-order valence-electron chi connectivity index (χ1n) is 6.19. The van der Waals surface area contributed by atoms with Crippen LogP contribution in [0.4, 0.5) is 4.39 Å². The van der Waals surface area contributed by atoms with Gasteiger partial charge in [0.05, 0.1) is 6.20 Å². The van der Waals surface area contributed by atoms with Crippen molar-refractivity contribution in [3.8, 4) is 0 Å². The summed E-state index contributed by atoms with van der Waals surface area (Å²) in [4.78, 5) is 6.24. The summed E-state index contributed by atoms with van der Waals surface area (Å²) in [5.74, 6) is -0.271. The number of pyridine rings is 1. The molecule has 1 N–H and O–H groups in total. The van der Waals surface area contributed by atoms with Gasteiger partial charge in [0.2, 0.25) is 0 Å². The van der Waals surface area contributed by atoms with E-state index in [1.807, 2.05) is 0 Å². The van der Waals surface area contributed by atoms with Gasteiger partial charge in [0.15, 0.2) is 0 Å². The summed E-state index contributed by atoms with van der Waals surface area (Å²) >= 11 is 0. The fraction of sp³-hybridized carbons (Fsp3) is 0.615. The summed E-state index contributed by atoms with van der Waals surface area (Å²) in [6.07, 6.45) is 5.58. The van der Waals surface area contributed by atoms with Gasteiger partial charge in [-0.05, 0) is 38.4 Å². The fourth-order valence-electron chi connectivity index (χ4n) is 1.96. The molecule has 1 aliphatic rings. The lowest BCUT2D eigenvalue weighted by Gasteiger charge is -2.24. The summed E-state index contributed by atoms with van der Waals surface area (Å²) in [6, 6.07) is 2.82. The average molecular weight is 237 g/mol. The Morgan fingerprint density at radius 3 is 2.94 bits per heavy atom. The van der Waals surface area contributed by atoms with E-state index in [2.05, 4.69) is 29.2 Å². The Kier molecular flexibility index (Phi) is 4.07. The molecule has 2 rings (SSSR count). The van der Waals surface area contributed by atoms with Gasteiger partial charge in [-0.3, -0.25) is 9.88 Å². The zero-order valence-electron chi connectivity index (χ0n) is 10.5. The second kappa shape index (κ2) is 5.56. The number of nitrogens with one attached hydrogen (secondary N) is 1. The highest BCUT2D eigenvalue weighted by molar-refractivity contribution is 5.09. The number of nitrogens with zero attached hydrogens (tertiary/aromatic N) is 2. The first-order valence-corrected chi connectivity index (χ1v) is 6.19. The summed E-state index contributed by atoms with van der Waals surface area (Å²) in [6.45, 7) is 3.81. The fourth-order valence-corrected chi connectivity index (χ4v) is 1.96. The SMILES string of the molecule is CC(CNCc1cncc(F)c1)N(C)C1CC1. The van der Waals surface area contributed by atoms with E-state index >= 15 is 0 Å². The molecule has 1 heterocycles. The third-order valence-electron chi connectivity index (χ3n) is 3.35. The van der Waals surface area contributed by atoms with Crippen LogP contribution in [-0.4, -0.2) is 35.6 Å². The number of halogens is 1. The monoisotopic (exact) mass is 237 g/mol. The summed E-state index contributed by atoms with van der Waals surface area (Å²) in [5.41, 5.74) is 0.895. The van der Waals surface area contributed by atoms with Crippen molar-refractivity contribution in [3.63, 3.8) is 0 Å². The van der Waals surface area contributed by atoms with Crippen molar-refractivity contribution in [1.82, 2.24) is 15.2 Å². The molecule has 0 radical (unpaired) electrons. The Morgan fingerprint density at radius 2 is 2.29 bits per heavy atom. The molecule has 0 spiro atoms. The highest BCUT2D eigenvalue weighted by Crippen LogP contribution is 2.26. The molecule has 4 heteroatoms. The summed E-state index contributed by atoms with van der Waals surface area (Å²) in [5, 5.41) is 3.34. The molecule has 3 nitrogen and oxygen atoms in total. The maximum Gasteiger partial charge on any atom is 0.141 e. The Labute approximate surface area is 102 Å². The number of likely N-dealkylation sites (N-methyl/N-ethyl adjacent to an activating group) is 1. The van der Waals surface area contributed by atoms with E-state index in [0.717, 1.165) is 18.2 Å². The number of hydrogen-bond donors (Lipinski definition) is 1. The lowest BCUT2D eigenvalue weighted by molar-refractivity contribution is 0.241. The van der Waals surface area contributed by atoms with Gasteiger partial charge in [0.1, 0.15) is 5.82 Å². The molecule has 0 aliphatic heterocycles. The first-order chi connectivity index (χ1) is 8.16. The molecular formula is C13H20FN3. The van der Waals surface area contributed by atoms with Gasteiger partial charge in [-0.25, -0.2) is 4.39 Å². The van der Waals surface area contributed by atoms with Gasteiger partial charge in [0, 0.05) is 31.4 Å². The topological polar surface area (TPSA) is 28.2 Å². The van der Waals surface area contributed by atoms with Crippen LogP contribution in [0.25, 0.3) is 0 Å². The lowest BCUT2D eigenvalue weighted by atomic mass is 10.2. The van der Waals surface area contributed by atoms with Crippen LogP contribution in [0, 0.1) is 5.82 Å². The minimum absolute atomic E-state index is 0.271. The minimum atomic E-state index is -0.271. The van der Waals surface area contributed by atoms with Crippen LogP contribution in [0.3, 0.4) is 0 Å². The Bertz CT molecular complexity index is 365. The first kappa shape index (κ1) is 12.5. The largest absolute Gasteiger partial charge is 0.311 e. The molecule has 1 aliphatic carbocycles. The van der Waals surface area contributed by atoms with Crippen LogP contribution in [0.2, 0.25) is 0 Å². The van der Waals surface area contributed by atoms with Crippen LogP contribution in [0.15, 0.2) is 18.5 Å². The molecule has 1 aromatic heterocycles. The predicted molar refractivity (Wildman–Crippen MR) is 66.1 cm³/mol. The quantitative estimate of drug-likeness (QED) is 0.817. The number of aromatic nitrogens is 1. The normalized spacial score (nSPS) is 17.4. The van der Waals surface area contributed by atoms with Gasteiger partial charge in [-0.15, -0.1) is 0 Å². The Balaban J connectivity index is 1.71. The van der Waals surface area contributed by atoms with Crippen molar-refractivity contribution in [1.29, 1.82) is 0 Å². The van der Waals surface area contributed by atoms with Crippen molar-refractivity contribution >= 4 is 0 Å². The van der Waals surface area contributed by atoms with E-state index < -0.39 is 0 Å². The van der Waals surface area contributed by atoms with Crippen molar-refractivity contribution in [3.05, 3.63) is 29.8 Å². The highest BCUT2D eigenvalue weighted by Gasteiger charge is 2.28. The molecule has 1 atom stereocenters. The zero-order valence-corrected chi connectivity index (χ0v) is 10.5. The molecule has 1 unspecified atom stereocenters. The van der Waals surface area contributed by atoms with E-state index in [-0.39, 0.29) is 5.82 Å². The highest BCUT2D eigenvalue weighted by atomic mass is 19.1. The maximum atomic E-state index is 12.9. The number of hydrogen-bond acceptors (Lipinski definition) is 3. The third-order valence-corrected chi connectivity index (χ3v) is 3.35. The molecule has 17 heavy (non-hydrogen) atoms. The van der Waals surface area contributed by atoms with Gasteiger partial charge in [0.25, 0.3) is 0 Å². The van der Waals surface area contributed by atoms with Gasteiger partial charge < -0.3 is 5.32 Å². The molecule has 0 amide bonds. The van der Waals surface area contributed by atoms with Crippen LogP contribution in [-0.2, 0) is 6.54 Å². The van der Waals surface area contributed by atoms with E-state index in [1.165, 1.54) is 25.1 Å². The van der Waals surface area contributed by atoms with Crippen molar-refractivity contribution in [2.75, 3.05) is 13.6 Å².